The van der Waals surface area contributed by atoms with Crippen molar-refractivity contribution < 1.29 is 22.7 Å². The molecule has 0 radical (unpaired) electrons. The molecular formula is C12H14F3NO2. The van der Waals surface area contributed by atoms with Gasteiger partial charge in [0.25, 0.3) is 0 Å². The Hall–Kier alpha value is -1.40. The molecule has 1 unspecified atom stereocenters. The molecule has 1 aromatic rings. The zero-order valence-electron chi connectivity index (χ0n) is 9.99. The molecular weight excluding hydrogens is 247 g/mol. The number of ketones is 1. The van der Waals surface area contributed by atoms with Crippen molar-refractivity contribution in [1.29, 1.82) is 0 Å². The van der Waals surface area contributed by atoms with Gasteiger partial charge in [0.15, 0.2) is 5.78 Å². The van der Waals surface area contributed by atoms with E-state index >= 15 is 0 Å². The van der Waals surface area contributed by atoms with Crippen molar-refractivity contribution in [2.45, 2.75) is 24.7 Å². The minimum absolute atomic E-state index is 0.276. The zero-order valence-corrected chi connectivity index (χ0v) is 9.99. The Balaban J connectivity index is 3.47. The van der Waals surface area contributed by atoms with Crippen LogP contribution in [0.15, 0.2) is 30.3 Å². The molecule has 18 heavy (non-hydrogen) atoms. The Bertz CT molecular complexity index is 417. The average molecular weight is 261 g/mol. The van der Waals surface area contributed by atoms with Crippen molar-refractivity contribution in [3.63, 3.8) is 0 Å². The van der Waals surface area contributed by atoms with Gasteiger partial charge in [-0.05, 0) is 6.92 Å². The first kappa shape index (κ1) is 14.7. The van der Waals surface area contributed by atoms with Crippen LogP contribution in [0.3, 0.4) is 0 Å². The van der Waals surface area contributed by atoms with Crippen LogP contribution in [-0.2, 0) is 15.1 Å². The highest BCUT2D eigenvalue weighted by Gasteiger charge is 2.62. The Labute approximate surface area is 103 Å². The van der Waals surface area contributed by atoms with Crippen molar-refractivity contribution >= 4 is 5.78 Å². The van der Waals surface area contributed by atoms with Gasteiger partial charge in [-0.2, -0.15) is 13.2 Å². The number of benzene rings is 1. The van der Waals surface area contributed by atoms with E-state index in [1.54, 1.807) is 6.07 Å². The molecule has 0 aliphatic rings. The predicted molar refractivity (Wildman–Crippen MR) is 59.8 cm³/mol. The highest BCUT2D eigenvalue weighted by molar-refractivity contribution is 5.93. The molecule has 0 aliphatic heterocycles. The van der Waals surface area contributed by atoms with Crippen LogP contribution in [0.25, 0.3) is 0 Å². The molecule has 0 amide bonds. The first-order valence-corrected chi connectivity index (χ1v) is 5.24. The normalized spacial score (nSPS) is 17.0. The molecule has 0 spiro atoms. The number of carbonyl (C=O) groups is 1. The number of nitrogens with two attached hydrogens (primary N) is 1. The predicted octanol–water partition coefficient (Wildman–Crippen LogP) is 2.01. The molecule has 1 aromatic carbocycles. The number of methoxy groups -OCH3 is 1. The molecule has 0 bridgehead atoms. The van der Waals surface area contributed by atoms with E-state index in [-0.39, 0.29) is 5.56 Å². The van der Waals surface area contributed by atoms with Crippen molar-refractivity contribution in [2.24, 2.45) is 5.73 Å². The second kappa shape index (κ2) is 5.07. The van der Waals surface area contributed by atoms with E-state index in [9.17, 15) is 18.0 Å². The minimum atomic E-state index is -4.88. The lowest BCUT2D eigenvalue weighted by atomic mass is 9.85. The molecule has 2 N–H and O–H groups in total. The Kier molecular flexibility index (Phi) is 4.13. The summed E-state index contributed by atoms with van der Waals surface area (Å²) < 4.78 is 44.4. The first-order valence-electron chi connectivity index (χ1n) is 5.24. The van der Waals surface area contributed by atoms with E-state index < -0.39 is 23.6 Å². The number of hydrogen-bond acceptors (Lipinski definition) is 3. The van der Waals surface area contributed by atoms with Crippen molar-refractivity contribution in [1.82, 2.24) is 0 Å². The van der Waals surface area contributed by atoms with Crippen molar-refractivity contribution in [2.75, 3.05) is 7.11 Å². The summed E-state index contributed by atoms with van der Waals surface area (Å²) in [7, 11) is 0.848. The van der Waals surface area contributed by atoms with Gasteiger partial charge in [-0.1, -0.05) is 30.3 Å². The summed E-state index contributed by atoms with van der Waals surface area (Å²) in [5.41, 5.74) is 2.01. The summed E-state index contributed by atoms with van der Waals surface area (Å²) in [5.74, 6) is -1.22. The van der Waals surface area contributed by atoms with Crippen molar-refractivity contribution in [3.8, 4) is 0 Å². The summed E-state index contributed by atoms with van der Waals surface area (Å²) in [6.07, 6.45) is -4.88. The Morgan fingerprint density at radius 1 is 1.28 bits per heavy atom. The third-order valence-electron chi connectivity index (χ3n) is 2.65. The fraction of sp³-hybridized carbons (Fsp3) is 0.417. The van der Waals surface area contributed by atoms with Gasteiger partial charge >= 0.3 is 6.18 Å². The first-order chi connectivity index (χ1) is 8.27. The maximum absolute atomic E-state index is 13.3. The second-order valence-electron chi connectivity index (χ2n) is 3.90. The Morgan fingerprint density at radius 2 is 1.78 bits per heavy atom. The molecule has 0 saturated carbocycles. The monoisotopic (exact) mass is 261 g/mol. The molecule has 2 atom stereocenters. The summed E-state index contributed by atoms with van der Waals surface area (Å²) >= 11 is 0. The lowest BCUT2D eigenvalue weighted by Crippen LogP contribution is -2.55. The van der Waals surface area contributed by atoms with Gasteiger partial charge in [-0.25, -0.2) is 0 Å². The lowest BCUT2D eigenvalue weighted by molar-refractivity contribution is -0.265. The number of alkyl halides is 3. The minimum Gasteiger partial charge on any atom is -0.358 e. The Morgan fingerprint density at radius 3 is 2.11 bits per heavy atom. The standard InChI is InChI=1S/C12H14F3NO2/c1-8(16)10(17)11(18-2,12(13,14)15)9-6-4-3-5-7-9/h3-8H,16H2,1-2H3/t8?,11-/m0/s1. The van der Waals surface area contributed by atoms with Crippen LogP contribution in [0.2, 0.25) is 0 Å². The second-order valence-corrected chi connectivity index (χ2v) is 3.90. The van der Waals surface area contributed by atoms with Gasteiger partial charge < -0.3 is 10.5 Å². The number of hydrogen-bond donors (Lipinski definition) is 1. The summed E-state index contributed by atoms with van der Waals surface area (Å²) in [4.78, 5) is 11.9. The fourth-order valence-corrected chi connectivity index (χ4v) is 1.77. The van der Waals surface area contributed by atoms with Gasteiger partial charge in [0, 0.05) is 12.7 Å². The number of halogens is 3. The third-order valence-corrected chi connectivity index (χ3v) is 2.65. The molecule has 3 nitrogen and oxygen atoms in total. The van der Waals surface area contributed by atoms with Gasteiger partial charge in [0.2, 0.25) is 5.60 Å². The number of rotatable bonds is 4. The molecule has 1 rings (SSSR count). The van der Waals surface area contributed by atoms with E-state index in [2.05, 4.69) is 4.74 Å². The van der Waals surface area contributed by atoms with Crippen LogP contribution in [0.1, 0.15) is 12.5 Å². The van der Waals surface area contributed by atoms with Gasteiger partial charge in [0.1, 0.15) is 0 Å². The average Bonchev–Trinajstić information content (AvgIpc) is 2.30. The summed E-state index contributed by atoms with van der Waals surface area (Å²) in [6, 6.07) is 5.46. The molecule has 100 valence electrons. The van der Waals surface area contributed by atoms with Crippen LogP contribution in [0, 0.1) is 0 Å². The molecule has 6 heteroatoms. The number of ether oxygens (including phenoxy) is 1. The van der Waals surface area contributed by atoms with Crippen LogP contribution in [-0.4, -0.2) is 25.1 Å². The SMILES string of the molecule is CO[C@](C(=O)C(C)N)(c1ccccc1)C(F)(F)F. The van der Waals surface area contributed by atoms with Gasteiger partial charge in [-0.3, -0.25) is 4.79 Å². The molecule has 0 saturated heterocycles. The topological polar surface area (TPSA) is 52.3 Å². The van der Waals surface area contributed by atoms with E-state index in [0.717, 1.165) is 7.11 Å². The number of carbonyl (C=O) groups excluding carboxylic acids is 1. The third kappa shape index (κ3) is 2.26. The van der Waals surface area contributed by atoms with Crippen molar-refractivity contribution in [3.05, 3.63) is 35.9 Å². The quantitative estimate of drug-likeness (QED) is 0.902. The zero-order chi connectivity index (χ0) is 14.0. The summed E-state index contributed by atoms with van der Waals surface area (Å²) in [6.45, 7) is 1.20. The number of Topliss-reactive ketones (excluding diaryl/α,β-unsaturated/α-hetero) is 1. The van der Waals surface area contributed by atoms with Gasteiger partial charge in [0.05, 0.1) is 6.04 Å². The highest BCUT2D eigenvalue weighted by Crippen LogP contribution is 2.43. The van der Waals surface area contributed by atoms with Crippen LogP contribution >= 0.6 is 0 Å². The molecule has 0 fully saturated rings. The molecule has 0 aliphatic carbocycles. The van der Waals surface area contributed by atoms with Gasteiger partial charge in [-0.15, -0.1) is 0 Å². The van der Waals surface area contributed by atoms with Crippen LogP contribution < -0.4 is 5.73 Å². The summed E-state index contributed by atoms with van der Waals surface area (Å²) in [5, 5.41) is 0. The fourth-order valence-electron chi connectivity index (χ4n) is 1.77. The molecule has 0 aromatic heterocycles. The lowest BCUT2D eigenvalue weighted by Gasteiger charge is -2.34. The largest absolute Gasteiger partial charge is 0.429 e. The molecule has 0 heterocycles. The van der Waals surface area contributed by atoms with Crippen LogP contribution in [0.4, 0.5) is 13.2 Å². The van der Waals surface area contributed by atoms with Crippen LogP contribution in [0.5, 0.6) is 0 Å². The maximum Gasteiger partial charge on any atom is 0.429 e. The smallest absolute Gasteiger partial charge is 0.358 e. The van der Waals surface area contributed by atoms with E-state index in [0.29, 0.717) is 0 Å². The highest BCUT2D eigenvalue weighted by atomic mass is 19.4. The van der Waals surface area contributed by atoms with E-state index in [1.165, 1.54) is 31.2 Å². The van der Waals surface area contributed by atoms with E-state index in [1.807, 2.05) is 0 Å². The maximum atomic E-state index is 13.3. The van der Waals surface area contributed by atoms with E-state index in [4.69, 9.17) is 5.73 Å².